The summed E-state index contributed by atoms with van der Waals surface area (Å²) in [6.07, 6.45) is 6.33. The maximum Gasteiger partial charge on any atom is 0.152 e. The van der Waals surface area contributed by atoms with Crippen LogP contribution in [0.3, 0.4) is 0 Å². The maximum atomic E-state index is 11.8. The number of sulfone groups is 1. The quantitative estimate of drug-likeness (QED) is 0.760. The molecule has 1 rings (SSSR count). The molecular formula is C11H23NO2S. The van der Waals surface area contributed by atoms with E-state index in [1.54, 1.807) is 0 Å². The molecule has 0 heterocycles. The van der Waals surface area contributed by atoms with Gasteiger partial charge in [0.05, 0.1) is 11.5 Å². The van der Waals surface area contributed by atoms with Crippen LogP contribution in [0.15, 0.2) is 0 Å². The molecule has 0 aromatic carbocycles. The Kier molecular flexibility index (Phi) is 5.06. The highest BCUT2D eigenvalue weighted by Crippen LogP contribution is 2.26. The fourth-order valence-electron chi connectivity index (χ4n) is 2.38. The Labute approximate surface area is 93.3 Å². The molecule has 3 nitrogen and oxygen atoms in total. The number of nitrogens with two attached hydrogens (primary N) is 1. The normalized spacial score (nSPS) is 20.7. The Morgan fingerprint density at radius 1 is 1.33 bits per heavy atom. The minimum Gasteiger partial charge on any atom is -0.327 e. The smallest absolute Gasteiger partial charge is 0.152 e. The summed E-state index contributed by atoms with van der Waals surface area (Å²) in [5.74, 6) is 0.950. The molecule has 0 saturated heterocycles. The molecule has 0 spiro atoms. The van der Waals surface area contributed by atoms with Crippen LogP contribution in [-0.2, 0) is 9.84 Å². The fraction of sp³-hybridized carbons (Fsp3) is 1.00. The van der Waals surface area contributed by atoms with Gasteiger partial charge in [0.1, 0.15) is 0 Å². The summed E-state index contributed by atoms with van der Waals surface area (Å²) in [4.78, 5) is 0. The van der Waals surface area contributed by atoms with Gasteiger partial charge in [0.15, 0.2) is 9.84 Å². The van der Waals surface area contributed by atoms with Crippen LogP contribution < -0.4 is 5.73 Å². The fourth-order valence-corrected chi connectivity index (χ4v) is 4.39. The molecule has 1 aliphatic rings. The van der Waals surface area contributed by atoms with E-state index in [2.05, 4.69) is 0 Å². The summed E-state index contributed by atoms with van der Waals surface area (Å²) in [6, 6.07) is -0.165. The van der Waals surface area contributed by atoms with Crippen LogP contribution in [0, 0.1) is 5.92 Å². The molecule has 1 fully saturated rings. The molecular weight excluding hydrogens is 210 g/mol. The predicted molar refractivity (Wildman–Crippen MR) is 63.5 cm³/mol. The Morgan fingerprint density at radius 2 is 1.93 bits per heavy atom. The number of hydrogen-bond donors (Lipinski definition) is 1. The zero-order valence-corrected chi connectivity index (χ0v) is 10.4. The van der Waals surface area contributed by atoms with Crippen molar-refractivity contribution in [3.05, 3.63) is 0 Å². The van der Waals surface area contributed by atoms with Crippen molar-refractivity contribution in [2.45, 2.75) is 51.5 Å². The minimum atomic E-state index is -2.91. The number of hydrogen-bond acceptors (Lipinski definition) is 3. The van der Waals surface area contributed by atoms with Crippen molar-refractivity contribution >= 4 is 9.84 Å². The third-order valence-corrected chi connectivity index (χ3v) is 5.01. The van der Waals surface area contributed by atoms with Crippen LogP contribution in [0.25, 0.3) is 0 Å². The molecule has 0 radical (unpaired) electrons. The third-order valence-electron chi connectivity index (χ3n) is 3.09. The molecule has 4 heteroatoms. The molecule has 0 aliphatic heterocycles. The lowest BCUT2D eigenvalue weighted by Crippen LogP contribution is -2.32. The largest absolute Gasteiger partial charge is 0.327 e. The van der Waals surface area contributed by atoms with Crippen molar-refractivity contribution in [2.75, 3.05) is 11.5 Å². The predicted octanol–water partition coefficient (Wildman–Crippen LogP) is 1.72. The van der Waals surface area contributed by atoms with Crippen molar-refractivity contribution in [1.82, 2.24) is 0 Å². The van der Waals surface area contributed by atoms with Gasteiger partial charge in [0, 0.05) is 6.04 Å². The highest BCUT2D eigenvalue weighted by Gasteiger charge is 2.23. The van der Waals surface area contributed by atoms with Gasteiger partial charge < -0.3 is 5.73 Å². The van der Waals surface area contributed by atoms with E-state index < -0.39 is 9.84 Å². The van der Waals surface area contributed by atoms with Crippen LogP contribution >= 0.6 is 0 Å². The van der Waals surface area contributed by atoms with Crippen LogP contribution in [0.5, 0.6) is 0 Å². The molecule has 90 valence electrons. The first-order chi connectivity index (χ1) is 7.03. The summed E-state index contributed by atoms with van der Waals surface area (Å²) in [6.45, 7) is 2.03. The monoisotopic (exact) mass is 233 g/mol. The van der Waals surface area contributed by atoms with Gasteiger partial charge in [0.25, 0.3) is 0 Å². The van der Waals surface area contributed by atoms with Gasteiger partial charge in [-0.3, -0.25) is 0 Å². The van der Waals surface area contributed by atoms with E-state index in [1.807, 2.05) is 6.92 Å². The summed E-state index contributed by atoms with van der Waals surface area (Å²) < 4.78 is 23.6. The number of rotatable bonds is 6. The van der Waals surface area contributed by atoms with Crippen LogP contribution in [0.1, 0.15) is 45.4 Å². The average molecular weight is 233 g/mol. The highest BCUT2D eigenvalue weighted by atomic mass is 32.2. The van der Waals surface area contributed by atoms with E-state index in [1.165, 1.54) is 12.8 Å². The van der Waals surface area contributed by atoms with Crippen molar-refractivity contribution in [2.24, 2.45) is 11.7 Å². The lowest BCUT2D eigenvalue weighted by atomic mass is 10.1. The van der Waals surface area contributed by atoms with E-state index in [9.17, 15) is 8.42 Å². The van der Waals surface area contributed by atoms with E-state index in [-0.39, 0.29) is 11.8 Å². The standard InChI is InChI=1S/C11H23NO2S/c1-2-5-11(12)9-15(13,14)8-10-6-3-4-7-10/h10-11H,2-9,12H2,1H3. The Bertz CT molecular complexity index is 268. The second kappa shape index (κ2) is 5.85. The zero-order chi connectivity index (χ0) is 11.3. The van der Waals surface area contributed by atoms with Gasteiger partial charge in [-0.1, -0.05) is 26.2 Å². The molecule has 15 heavy (non-hydrogen) atoms. The molecule has 1 unspecified atom stereocenters. The second-order valence-corrected chi connectivity index (χ2v) is 6.93. The van der Waals surface area contributed by atoms with Crippen molar-refractivity contribution in [3.63, 3.8) is 0 Å². The lowest BCUT2D eigenvalue weighted by Gasteiger charge is -2.13. The van der Waals surface area contributed by atoms with Crippen LogP contribution in [-0.4, -0.2) is 26.0 Å². The molecule has 0 aromatic rings. The molecule has 1 saturated carbocycles. The SMILES string of the molecule is CCCC(N)CS(=O)(=O)CC1CCCC1. The van der Waals surface area contributed by atoms with E-state index in [0.717, 1.165) is 25.7 Å². The lowest BCUT2D eigenvalue weighted by molar-refractivity contribution is 0.547. The molecule has 0 amide bonds. The Morgan fingerprint density at radius 3 is 2.47 bits per heavy atom. The highest BCUT2D eigenvalue weighted by molar-refractivity contribution is 7.91. The first-order valence-corrected chi connectivity index (χ1v) is 7.81. The summed E-state index contributed by atoms with van der Waals surface area (Å²) in [5, 5.41) is 0. The maximum absolute atomic E-state index is 11.8. The van der Waals surface area contributed by atoms with Gasteiger partial charge in [-0.25, -0.2) is 8.42 Å². The Balaban J connectivity index is 2.37. The van der Waals surface area contributed by atoms with E-state index in [0.29, 0.717) is 11.7 Å². The first kappa shape index (κ1) is 13.0. The molecule has 0 aromatic heterocycles. The van der Waals surface area contributed by atoms with Crippen LogP contribution in [0.4, 0.5) is 0 Å². The van der Waals surface area contributed by atoms with Gasteiger partial charge >= 0.3 is 0 Å². The molecule has 1 aliphatic carbocycles. The molecule has 0 bridgehead atoms. The van der Waals surface area contributed by atoms with Crippen molar-refractivity contribution in [3.8, 4) is 0 Å². The van der Waals surface area contributed by atoms with Crippen molar-refractivity contribution < 1.29 is 8.42 Å². The van der Waals surface area contributed by atoms with Crippen molar-refractivity contribution in [1.29, 1.82) is 0 Å². The van der Waals surface area contributed by atoms with E-state index in [4.69, 9.17) is 5.73 Å². The average Bonchev–Trinajstić information content (AvgIpc) is 2.54. The second-order valence-electron chi connectivity index (χ2n) is 4.78. The summed E-state index contributed by atoms with van der Waals surface area (Å²) >= 11 is 0. The molecule has 1 atom stereocenters. The minimum absolute atomic E-state index is 0.165. The topological polar surface area (TPSA) is 60.2 Å². The summed E-state index contributed by atoms with van der Waals surface area (Å²) in [5.41, 5.74) is 5.77. The van der Waals surface area contributed by atoms with Gasteiger partial charge in [-0.15, -0.1) is 0 Å². The van der Waals surface area contributed by atoms with E-state index >= 15 is 0 Å². The van der Waals surface area contributed by atoms with Gasteiger partial charge in [-0.2, -0.15) is 0 Å². The van der Waals surface area contributed by atoms with Gasteiger partial charge in [-0.05, 0) is 25.2 Å². The third kappa shape index (κ3) is 4.98. The van der Waals surface area contributed by atoms with Gasteiger partial charge in [0.2, 0.25) is 0 Å². The summed E-state index contributed by atoms with van der Waals surface area (Å²) in [7, 11) is -2.91. The zero-order valence-electron chi connectivity index (χ0n) is 9.61. The Hall–Kier alpha value is -0.0900. The molecule has 2 N–H and O–H groups in total. The van der Waals surface area contributed by atoms with Crippen LogP contribution in [0.2, 0.25) is 0 Å². The first-order valence-electron chi connectivity index (χ1n) is 5.99.